The number of carboxylic acid groups (broad SMARTS) is 3. The van der Waals surface area contributed by atoms with Gasteiger partial charge in [0, 0.05) is 24.7 Å². The van der Waals surface area contributed by atoms with Crippen molar-refractivity contribution in [2.24, 2.45) is 10.8 Å². The lowest BCUT2D eigenvalue weighted by atomic mass is 9.57. The summed E-state index contributed by atoms with van der Waals surface area (Å²) in [7, 11) is 0. The maximum atomic E-state index is 10.8. The van der Waals surface area contributed by atoms with Crippen LogP contribution in [0.2, 0.25) is 0 Å². The molecule has 0 atom stereocenters. The molecule has 152 valence electrons. The summed E-state index contributed by atoms with van der Waals surface area (Å²) in [6.07, 6.45) is 0.820. The van der Waals surface area contributed by atoms with Crippen LogP contribution in [0, 0.1) is 10.8 Å². The minimum atomic E-state index is -1.36. The summed E-state index contributed by atoms with van der Waals surface area (Å²) in [5.74, 6) is -3.05. The number of carboxylic acids is 3. The zero-order chi connectivity index (χ0) is 20.2. The van der Waals surface area contributed by atoms with Gasteiger partial charge >= 0.3 is 17.9 Å². The topological polar surface area (TPSA) is 173 Å². The summed E-state index contributed by atoms with van der Waals surface area (Å²) in [5, 5.41) is 56.2. The first kappa shape index (κ1) is 24.3. The van der Waals surface area contributed by atoms with Crippen molar-refractivity contribution in [1.82, 2.24) is 0 Å². The van der Waals surface area contributed by atoms with E-state index in [4.69, 9.17) is 15.3 Å². The predicted molar refractivity (Wildman–Crippen MR) is 90.6 cm³/mol. The number of aliphatic hydroxyl groups excluding tert-OH is 3. The van der Waals surface area contributed by atoms with Crippen molar-refractivity contribution < 1.29 is 45.0 Å². The second-order valence-corrected chi connectivity index (χ2v) is 6.78. The van der Waals surface area contributed by atoms with Gasteiger partial charge in [-0.3, -0.25) is 14.4 Å². The van der Waals surface area contributed by atoms with Gasteiger partial charge in [0.15, 0.2) is 0 Å². The zero-order valence-corrected chi connectivity index (χ0v) is 14.9. The number of carbonyl (C=O) groups is 3. The molecule has 0 aliphatic carbocycles. The van der Waals surface area contributed by atoms with E-state index in [1.54, 1.807) is 0 Å². The maximum absolute atomic E-state index is 10.8. The lowest BCUT2D eigenvalue weighted by Crippen LogP contribution is -2.50. The second kappa shape index (κ2) is 11.8. The Bertz CT molecular complexity index is 399. The number of rotatable bonds is 16. The van der Waals surface area contributed by atoms with E-state index in [-0.39, 0.29) is 57.8 Å². The third kappa shape index (κ3) is 7.27. The Hall–Kier alpha value is -1.71. The Labute approximate surface area is 152 Å². The molecule has 0 saturated heterocycles. The van der Waals surface area contributed by atoms with E-state index >= 15 is 0 Å². The van der Waals surface area contributed by atoms with Crippen LogP contribution < -0.4 is 0 Å². The average molecular weight is 378 g/mol. The third-order valence-electron chi connectivity index (χ3n) is 5.17. The van der Waals surface area contributed by atoms with Crippen LogP contribution in [0.25, 0.3) is 0 Å². The highest BCUT2D eigenvalue weighted by Gasteiger charge is 2.49. The van der Waals surface area contributed by atoms with Crippen LogP contribution in [-0.2, 0) is 14.4 Å². The summed E-state index contributed by atoms with van der Waals surface area (Å²) in [5.41, 5.74) is -2.33. The van der Waals surface area contributed by atoms with Gasteiger partial charge in [0.25, 0.3) is 0 Å². The molecule has 9 heteroatoms. The SMILES string of the molecule is O=C(O)CCCC(CCCC(=O)O)(CCCC(=O)O)C(CO)(CO)CO. The number of hydrogen-bond acceptors (Lipinski definition) is 6. The number of aliphatic carboxylic acids is 3. The van der Waals surface area contributed by atoms with E-state index in [1.807, 2.05) is 0 Å². The molecule has 0 aromatic carbocycles. The molecule has 0 fully saturated rings. The Balaban J connectivity index is 5.64. The smallest absolute Gasteiger partial charge is 0.303 e. The van der Waals surface area contributed by atoms with Crippen molar-refractivity contribution in [2.75, 3.05) is 19.8 Å². The van der Waals surface area contributed by atoms with Gasteiger partial charge in [0.1, 0.15) is 0 Å². The molecule has 0 aliphatic heterocycles. The lowest BCUT2D eigenvalue weighted by molar-refractivity contribution is -0.138. The van der Waals surface area contributed by atoms with Crippen LogP contribution in [0.1, 0.15) is 57.8 Å². The Morgan fingerprint density at radius 3 is 1.00 bits per heavy atom. The maximum Gasteiger partial charge on any atom is 0.303 e. The molecular weight excluding hydrogens is 348 g/mol. The predicted octanol–water partition coefficient (Wildman–Crippen LogP) is 0.701. The standard InChI is InChI=1S/C17H30O9/c18-10-17(11-19,12-20)16(7-1-4-13(21)22,8-2-5-14(23)24)9-3-6-15(25)26/h18-20H,1-12H2,(H,21,22)(H,23,24)(H,25,26). The molecule has 0 saturated carbocycles. The molecule has 0 aromatic rings. The minimum absolute atomic E-state index is 0.155. The van der Waals surface area contributed by atoms with Crippen molar-refractivity contribution in [3.63, 3.8) is 0 Å². The molecule has 0 amide bonds. The highest BCUT2D eigenvalue weighted by atomic mass is 16.4. The van der Waals surface area contributed by atoms with Crippen LogP contribution in [0.15, 0.2) is 0 Å². The molecule has 0 spiro atoms. The third-order valence-corrected chi connectivity index (χ3v) is 5.17. The summed E-state index contributed by atoms with van der Waals surface area (Å²) >= 11 is 0. The molecule has 0 unspecified atom stereocenters. The van der Waals surface area contributed by atoms with Gasteiger partial charge in [-0.25, -0.2) is 0 Å². The van der Waals surface area contributed by atoms with E-state index in [9.17, 15) is 29.7 Å². The molecule has 0 radical (unpaired) electrons. The molecule has 0 rings (SSSR count). The van der Waals surface area contributed by atoms with Gasteiger partial charge in [0.2, 0.25) is 0 Å². The zero-order valence-electron chi connectivity index (χ0n) is 14.9. The summed E-state index contributed by atoms with van der Waals surface area (Å²) in [6.45, 7) is -1.73. The molecule has 0 aliphatic rings. The van der Waals surface area contributed by atoms with Crippen LogP contribution in [0.3, 0.4) is 0 Å². The van der Waals surface area contributed by atoms with Crippen molar-refractivity contribution >= 4 is 17.9 Å². The quantitative estimate of drug-likeness (QED) is 0.226. The molecule has 0 aromatic heterocycles. The largest absolute Gasteiger partial charge is 0.481 e. The Kier molecular flexibility index (Phi) is 11.0. The van der Waals surface area contributed by atoms with Gasteiger partial charge in [-0.05, 0) is 43.9 Å². The fourth-order valence-electron chi connectivity index (χ4n) is 3.56. The normalized spacial score (nSPS) is 12.1. The second-order valence-electron chi connectivity index (χ2n) is 6.78. The number of hydrogen-bond donors (Lipinski definition) is 6. The van der Waals surface area contributed by atoms with Gasteiger partial charge in [-0.15, -0.1) is 0 Å². The summed E-state index contributed by atoms with van der Waals surface area (Å²) in [4.78, 5) is 32.5. The first-order chi connectivity index (χ1) is 12.2. The minimum Gasteiger partial charge on any atom is -0.481 e. The first-order valence-electron chi connectivity index (χ1n) is 8.66. The fraction of sp³-hybridized carbons (Fsp3) is 0.824. The van der Waals surface area contributed by atoms with Gasteiger partial charge in [-0.2, -0.15) is 0 Å². The molecule has 6 N–H and O–H groups in total. The molecule has 0 heterocycles. The van der Waals surface area contributed by atoms with E-state index < -0.39 is 48.6 Å². The molecule has 9 nitrogen and oxygen atoms in total. The fourth-order valence-corrected chi connectivity index (χ4v) is 3.56. The summed E-state index contributed by atoms with van der Waals surface area (Å²) in [6, 6.07) is 0. The van der Waals surface area contributed by atoms with Crippen LogP contribution in [0.4, 0.5) is 0 Å². The van der Waals surface area contributed by atoms with Crippen LogP contribution in [-0.4, -0.2) is 68.4 Å². The molecular formula is C17H30O9. The molecule has 26 heavy (non-hydrogen) atoms. The van der Waals surface area contributed by atoms with Crippen molar-refractivity contribution in [3.8, 4) is 0 Å². The highest BCUT2D eigenvalue weighted by molar-refractivity contribution is 5.67. The van der Waals surface area contributed by atoms with Crippen LogP contribution >= 0.6 is 0 Å². The van der Waals surface area contributed by atoms with Gasteiger partial charge in [0.05, 0.1) is 19.8 Å². The average Bonchev–Trinajstić information content (AvgIpc) is 2.55. The first-order valence-corrected chi connectivity index (χ1v) is 8.66. The Morgan fingerprint density at radius 2 is 0.808 bits per heavy atom. The molecule has 0 bridgehead atoms. The van der Waals surface area contributed by atoms with Gasteiger partial charge < -0.3 is 30.6 Å². The van der Waals surface area contributed by atoms with E-state index in [1.165, 1.54) is 0 Å². The van der Waals surface area contributed by atoms with E-state index in [0.717, 1.165) is 0 Å². The van der Waals surface area contributed by atoms with Crippen molar-refractivity contribution in [3.05, 3.63) is 0 Å². The van der Waals surface area contributed by atoms with E-state index in [0.29, 0.717) is 0 Å². The monoisotopic (exact) mass is 378 g/mol. The van der Waals surface area contributed by atoms with Crippen molar-refractivity contribution in [2.45, 2.75) is 57.8 Å². The van der Waals surface area contributed by atoms with E-state index in [2.05, 4.69) is 0 Å². The summed E-state index contributed by atoms with van der Waals surface area (Å²) < 4.78 is 0. The van der Waals surface area contributed by atoms with Crippen LogP contribution in [0.5, 0.6) is 0 Å². The van der Waals surface area contributed by atoms with Crippen molar-refractivity contribution in [1.29, 1.82) is 0 Å². The highest BCUT2D eigenvalue weighted by Crippen LogP contribution is 2.50. The van der Waals surface area contributed by atoms with Gasteiger partial charge in [-0.1, -0.05) is 0 Å². The number of aliphatic hydroxyl groups is 3. The lowest BCUT2D eigenvalue weighted by Gasteiger charge is -2.49. The Morgan fingerprint density at radius 1 is 0.538 bits per heavy atom.